The maximum absolute atomic E-state index is 11.5. The van der Waals surface area contributed by atoms with Gasteiger partial charge in [0.25, 0.3) is 0 Å². The SMILES string of the molecule is Cc1ccccc1-n1c(C(=O)O)cc2ccc(Cl)nc21. The van der Waals surface area contributed by atoms with Crippen LogP contribution in [0.1, 0.15) is 16.1 Å². The number of aromatic carboxylic acids is 1. The highest BCUT2D eigenvalue weighted by atomic mass is 35.5. The molecule has 5 heteroatoms. The number of rotatable bonds is 2. The van der Waals surface area contributed by atoms with Crippen molar-refractivity contribution < 1.29 is 9.90 Å². The molecule has 100 valence electrons. The Kier molecular flexibility index (Phi) is 2.95. The molecule has 20 heavy (non-hydrogen) atoms. The van der Waals surface area contributed by atoms with E-state index in [9.17, 15) is 9.90 Å². The molecule has 0 amide bonds. The Bertz CT molecular complexity index is 824. The Morgan fingerprint density at radius 2 is 2.00 bits per heavy atom. The summed E-state index contributed by atoms with van der Waals surface area (Å²) in [7, 11) is 0. The summed E-state index contributed by atoms with van der Waals surface area (Å²) >= 11 is 5.93. The van der Waals surface area contributed by atoms with Crippen molar-refractivity contribution in [1.82, 2.24) is 9.55 Å². The molecular weight excluding hydrogens is 276 g/mol. The normalized spacial score (nSPS) is 10.9. The van der Waals surface area contributed by atoms with Gasteiger partial charge in [-0.15, -0.1) is 0 Å². The maximum atomic E-state index is 11.5. The van der Waals surface area contributed by atoms with Crippen molar-refractivity contribution in [2.45, 2.75) is 6.92 Å². The summed E-state index contributed by atoms with van der Waals surface area (Å²) in [6, 6.07) is 12.6. The van der Waals surface area contributed by atoms with Crippen LogP contribution >= 0.6 is 11.6 Å². The molecule has 0 atom stereocenters. The summed E-state index contributed by atoms with van der Waals surface area (Å²) in [6.45, 7) is 1.93. The predicted molar refractivity (Wildman–Crippen MR) is 77.8 cm³/mol. The lowest BCUT2D eigenvalue weighted by molar-refractivity contribution is 0.0688. The Balaban J connectivity index is 2.43. The first-order chi connectivity index (χ1) is 9.58. The molecule has 0 aliphatic rings. The molecule has 0 aliphatic carbocycles. The van der Waals surface area contributed by atoms with E-state index in [0.29, 0.717) is 10.8 Å². The number of para-hydroxylation sites is 1. The molecule has 3 aromatic rings. The Hall–Kier alpha value is -2.33. The number of aryl methyl sites for hydroxylation is 1. The predicted octanol–water partition coefficient (Wildman–Crippen LogP) is 3.69. The van der Waals surface area contributed by atoms with Crippen LogP contribution in [0.3, 0.4) is 0 Å². The third kappa shape index (κ3) is 1.94. The number of halogens is 1. The standard InChI is InChI=1S/C15H11ClN2O2/c1-9-4-2-3-5-11(9)18-12(15(19)20)8-10-6-7-13(16)17-14(10)18/h2-8H,1H3,(H,19,20). The van der Waals surface area contributed by atoms with Gasteiger partial charge in [-0.3, -0.25) is 4.57 Å². The van der Waals surface area contributed by atoms with Gasteiger partial charge < -0.3 is 5.11 Å². The van der Waals surface area contributed by atoms with Gasteiger partial charge in [-0.2, -0.15) is 0 Å². The van der Waals surface area contributed by atoms with Crippen molar-refractivity contribution in [3.63, 3.8) is 0 Å². The Morgan fingerprint density at radius 3 is 2.70 bits per heavy atom. The third-order valence-electron chi connectivity index (χ3n) is 3.19. The molecule has 0 spiro atoms. The molecule has 2 aromatic heterocycles. The number of carboxylic acid groups (broad SMARTS) is 1. The molecule has 0 radical (unpaired) electrons. The number of fused-ring (bicyclic) bond motifs is 1. The first-order valence-corrected chi connectivity index (χ1v) is 6.43. The van der Waals surface area contributed by atoms with Gasteiger partial charge in [-0.25, -0.2) is 9.78 Å². The molecule has 1 N–H and O–H groups in total. The summed E-state index contributed by atoms with van der Waals surface area (Å²) < 4.78 is 1.62. The summed E-state index contributed by atoms with van der Waals surface area (Å²) in [5.74, 6) is -0.998. The van der Waals surface area contributed by atoms with E-state index in [0.717, 1.165) is 16.6 Å². The first-order valence-electron chi connectivity index (χ1n) is 6.05. The van der Waals surface area contributed by atoms with Crippen molar-refractivity contribution in [1.29, 1.82) is 0 Å². The van der Waals surface area contributed by atoms with Crippen LogP contribution in [0.5, 0.6) is 0 Å². The zero-order chi connectivity index (χ0) is 14.3. The van der Waals surface area contributed by atoms with Crippen LogP contribution in [0.25, 0.3) is 16.7 Å². The Morgan fingerprint density at radius 1 is 1.25 bits per heavy atom. The van der Waals surface area contributed by atoms with Crippen LogP contribution in [-0.2, 0) is 0 Å². The van der Waals surface area contributed by atoms with E-state index in [2.05, 4.69) is 4.98 Å². The smallest absolute Gasteiger partial charge is 0.352 e. The minimum absolute atomic E-state index is 0.170. The molecule has 4 nitrogen and oxygen atoms in total. The van der Waals surface area contributed by atoms with E-state index >= 15 is 0 Å². The van der Waals surface area contributed by atoms with E-state index < -0.39 is 5.97 Å². The molecular formula is C15H11ClN2O2. The van der Waals surface area contributed by atoms with E-state index in [1.807, 2.05) is 31.2 Å². The van der Waals surface area contributed by atoms with Crippen LogP contribution in [0.2, 0.25) is 5.15 Å². The highest BCUT2D eigenvalue weighted by Gasteiger charge is 2.18. The van der Waals surface area contributed by atoms with Gasteiger partial charge in [-0.05, 0) is 36.8 Å². The van der Waals surface area contributed by atoms with Crippen molar-refractivity contribution >= 4 is 28.6 Å². The monoisotopic (exact) mass is 286 g/mol. The minimum Gasteiger partial charge on any atom is -0.477 e. The number of benzene rings is 1. The van der Waals surface area contributed by atoms with Crippen LogP contribution < -0.4 is 0 Å². The summed E-state index contributed by atoms with van der Waals surface area (Å²) in [5.41, 5.74) is 2.47. The van der Waals surface area contributed by atoms with Crippen molar-refractivity contribution in [2.75, 3.05) is 0 Å². The van der Waals surface area contributed by atoms with Crippen molar-refractivity contribution in [2.24, 2.45) is 0 Å². The average Bonchev–Trinajstić information content (AvgIpc) is 2.78. The van der Waals surface area contributed by atoms with Crippen LogP contribution in [0.15, 0.2) is 42.5 Å². The van der Waals surface area contributed by atoms with Crippen molar-refractivity contribution in [3.05, 3.63) is 58.9 Å². The molecule has 0 unspecified atom stereocenters. The Labute approximate surface area is 120 Å². The molecule has 1 aromatic carbocycles. The highest BCUT2D eigenvalue weighted by molar-refractivity contribution is 6.29. The van der Waals surface area contributed by atoms with Crippen LogP contribution in [0.4, 0.5) is 0 Å². The third-order valence-corrected chi connectivity index (χ3v) is 3.40. The fourth-order valence-corrected chi connectivity index (χ4v) is 2.41. The lowest BCUT2D eigenvalue weighted by Crippen LogP contribution is -2.08. The van der Waals surface area contributed by atoms with Crippen LogP contribution in [-0.4, -0.2) is 20.6 Å². The lowest BCUT2D eigenvalue weighted by atomic mass is 10.2. The second-order valence-corrected chi connectivity index (χ2v) is 4.89. The lowest BCUT2D eigenvalue weighted by Gasteiger charge is -2.10. The molecule has 0 fully saturated rings. The number of pyridine rings is 1. The number of carboxylic acids is 1. The summed E-state index contributed by atoms with van der Waals surface area (Å²) in [6.07, 6.45) is 0. The fraction of sp³-hybridized carbons (Fsp3) is 0.0667. The highest BCUT2D eigenvalue weighted by Crippen LogP contribution is 2.26. The van der Waals surface area contributed by atoms with Crippen LogP contribution in [0, 0.1) is 6.92 Å². The zero-order valence-corrected chi connectivity index (χ0v) is 11.4. The second-order valence-electron chi connectivity index (χ2n) is 4.50. The van der Waals surface area contributed by atoms with Gasteiger partial charge >= 0.3 is 5.97 Å². The van der Waals surface area contributed by atoms with Gasteiger partial charge in [-0.1, -0.05) is 29.8 Å². The summed E-state index contributed by atoms with van der Waals surface area (Å²) in [5, 5.41) is 10.5. The largest absolute Gasteiger partial charge is 0.477 e. The van der Waals surface area contributed by atoms with E-state index in [4.69, 9.17) is 11.6 Å². The van der Waals surface area contributed by atoms with Gasteiger partial charge in [0.05, 0.1) is 5.69 Å². The molecule has 0 bridgehead atoms. The van der Waals surface area contributed by atoms with Crippen molar-refractivity contribution in [3.8, 4) is 5.69 Å². The number of aromatic nitrogens is 2. The fourth-order valence-electron chi connectivity index (χ4n) is 2.27. The van der Waals surface area contributed by atoms with Gasteiger partial charge in [0.2, 0.25) is 0 Å². The maximum Gasteiger partial charge on any atom is 0.352 e. The number of nitrogens with zero attached hydrogens (tertiary/aromatic N) is 2. The number of hydrogen-bond donors (Lipinski definition) is 1. The topological polar surface area (TPSA) is 55.1 Å². The minimum atomic E-state index is -0.998. The van der Waals surface area contributed by atoms with Gasteiger partial charge in [0, 0.05) is 5.39 Å². The van der Waals surface area contributed by atoms with Gasteiger partial charge in [0.1, 0.15) is 16.5 Å². The molecule has 3 rings (SSSR count). The molecule has 0 saturated heterocycles. The van der Waals surface area contributed by atoms with Gasteiger partial charge in [0.15, 0.2) is 0 Å². The van der Waals surface area contributed by atoms with E-state index in [-0.39, 0.29) is 5.69 Å². The first kappa shape index (κ1) is 12.7. The molecule has 2 heterocycles. The van der Waals surface area contributed by atoms with E-state index in [1.165, 1.54) is 0 Å². The number of hydrogen-bond acceptors (Lipinski definition) is 2. The molecule has 0 saturated carbocycles. The van der Waals surface area contributed by atoms with E-state index in [1.54, 1.807) is 22.8 Å². The zero-order valence-electron chi connectivity index (χ0n) is 10.7. The second kappa shape index (κ2) is 4.65. The molecule has 0 aliphatic heterocycles. The number of carbonyl (C=O) groups is 1. The average molecular weight is 287 g/mol. The summed E-state index contributed by atoms with van der Waals surface area (Å²) in [4.78, 5) is 15.7. The quantitative estimate of drug-likeness (QED) is 0.731.